The zero-order chi connectivity index (χ0) is 14.2. The smallest absolute Gasteiger partial charge is 0.240 e. The fourth-order valence-electron chi connectivity index (χ4n) is 2.74. The van der Waals surface area contributed by atoms with Gasteiger partial charge in [0, 0.05) is 19.0 Å². The molecule has 0 aromatic heterocycles. The van der Waals surface area contributed by atoms with E-state index in [2.05, 4.69) is 17.0 Å². The maximum absolute atomic E-state index is 12.5. The van der Waals surface area contributed by atoms with Crippen molar-refractivity contribution in [1.29, 1.82) is 0 Å². The van der Waals surface area contributed by atoms with Crippen LogP contribution in [0.2, 0.25) is 0 Å². The van der Waals surface area contributed by atoms with Crippen LogP contribution in [0.5, 0.6) is 5.75 Å². The molecule has 2 unspecified atom stereocenters. The Morgan fingerprint density at radius 1 is 1.40 bits per heavy atom. The van der Waals surface area contributed by atoms with Crippen LogP contribution < -0.4 is 14.8 Å². The summed E-state index contributed by atoms with van der Waals surface area (Å²) >= 11 is 0. The molecule has 1 fully saturated rings. The molecule has 20 heavy (non-hydrogen) atoms. The Morgan fingerprint density at radius 3 is 3.05 bits per heavy atom. The first kappa shape index (κ1) is 13.9. The molecule has 6 heteroatoms. The molecule has 0 spiro atoms. The fourth-order valence-corrected chi connectivity index (χ4v) is 4.14. The van der Waals surface area contributed by atoms with Crippen molar-refractivity contribution in [2.24, 2.45) is 5.92 Å². The molecular weight excluding hydrogens is 276 g/mol. The van der Waals surface area contributed by atoms with Crippen LogP contribution in [0.3, 0.4) is 0 Å². The Kier molecular flexibility index (Phi) is 3.70. The van der Waals surface area contributed by atoms with E-state index < -0.39 is 10.0 Å². The van der Waals surface area contributed by atoms with Crippen molar-refractivity contribution in [3.63, 3.8) is 0 Å². The molecule has 0 bridgehead atoms. The van der Waals surface area contributed by atoms with Gasteiger partial charge in [0.1, 0.15) is 5.75 Å². The highest BCUT2D eigenvalue weighted by Crippen LogP contribution is 2.27. The molecule has 1 aromatic carbocycles. The van der Waals surface area contributed by atoms with Gasteiger partial charge in [-0.15, -0.1) is 0 Å². The third-order valence-electron chi connectivity index (χ3n) is 4.11. The van der Waals surface area contributed by atoms with Gasteiger partial charge in [0.25, 0.3) is 0 Å². The van der Waals surface area contributed by atoms with Gasteiger partial charge in [0.05, 0.1) is 11.5 Å². The van der Waals surface area contributed by atoms with Gasteiger partial charge < -0.3 is 10.1 Å². The molecule has 1 saturated heterocycles. The lowest BCUT2D eigenvalue weighted by Gasteiger charge is -2.30. The molecule has 2 atom stereocenters. The van der Waals surface area contributed by atoms with Crippen molar-refractivity contribution in [2.75, 3.05) is 19.7 Å². The van der Waals surface area contributed by atoms with Crippen molar-refractivity contribution < 1.29 is 13.2 Å². The molecule has 3 rings (SSSR count). The van der Waals surface area contributed by atoms with Gasteiger partial charge in [-0.1, -0.05) is 6.92 Å². The number of rotatable bonds is 3. The lowest BCUT2D eigenvalue weighted by Crippen LogP contribution is -2.50. The molecule has 110 valence electrons. The number of piperidine rings is 1. The van der Waals surface area contributed by atoms with E-state index in [0.717, 1.165) is 30.7 Å². The van der Waals surface area contributed by atoms with Crippen LogP contribution in [-0.4, -0.2) is 34.2 Å². The maximum atomic E-state index is 12.5. The van der Waals surface area contributed by atoms with E-state index in [0.29, 0.717) is 24.0 Å². The summed E-state index contributed by atoms with van der Waals surface area (Å²) in [5.74, 6) is 1.15. The van der Waals surface area contributed by atoms with Crippen molar-refractivity contribution in [3.8, 4) is 5.75 Å². The number of hydrogen-bond acceptors (Lipinski definition) is 4. The van der Waals surface area contributed by atoms with Crippen molar-refractivity contribution >= 4 is 10.0 Å². The van der Waals surface area contributed by atoms with Crippen LogP contribution in [0.4, 0.5) is 0 Å². The molecule has 2 N–H and O–H groups in total. The maximum Gasteiger partial charge on any atom is 0.240 e. The minimum absolute atomic E-state index is 0.0433. The Bertz CT molecular complexity index is 600. The Labute approximate surface area is 119 Å². The zero-order valence-electron chi connectivity index (χ0n) is 11.6. The predicted octanol–water partition coefficient (Wildman–Crippen LogP) is 0.898. The van der Waals surface area contributed by atoms with Crippen LogP contribution in [0.1, 0.15) is 18.9 Å². The van der Waals surface area contributed by atoms with Gasteiger partial charge in [-0.05, 0) is 42.6 Å². The largest absolute Gasteiger partial charge is 0.493 e. The van der Waals surface area contributed by atoms with Gasteiger partial charge in [-0.2, -0.15) is 0 Å². The minimum atomic E-state index is -3.46. The van der Waals surface area contributed by atoms with E-state index in [1.54, 1.807) is 18.2 Å². The second kappa shape index (κ2) is 5.35. The first-order chi connectivity index (χ1) is 9.56. The SMILES string of the molecule is CC1CCNCC1NS(=O)(=O)c1ccc2c(c1)CCO2. The summed E-state index contributed by atoms with van der Waals surface area (Å²) in [6, 6.07) is 5.05. The number of sulfonamides is 1. The Balaban J connectivity index is 1.81. The predicted molar refractivity (Wildman–Crippen MR) is 76.4 cm³/mol. The molecule has 5 nitrogen and oxygen atoms in total. The average Bonchev–Trinajstić information content (AvgIpc) is 2.88. The van der Waals surface area contributed by atoms with Gasteiger partial charge in [-0.25, -0.2) is 13.1 Å². The quantitative estimate of drug-likeness (QED) is 0.869. The van der Waals surface area contributed by atoms with Gasteiger partial charge in [0.2, 0.25) is 10.0 Å². The van der Waals surface area contributed by atoms with Crippen molar-refractivity contribution in [2.45, 2.75) is 30.7 Å². The number of fused-ring (bicyclic) bond motifs is 1. The van der Waals surface area contributed by atoms with Crippen LogP contribution in [0.15, 0.2) is 23.1 Å². The first-order valence-electron chi connectivity index (χ1n) is 7.05. The first-order valence-corrected chi connectivity index (χ1v) is 8.53. The summed E-state index contributed by atoms with van der Waals surface area (Å²) in [5, 5.41) is 3.23. The number of hydrogen-bond donors (Lipinski definition) is 2. The highest BCUT2D eigenvalue weighted by molar-refractivity contribution is 7.89. The molecule has 0 radical (unpaired) electrons. The summed E-state index contributed by atoms with van der Waals surface area (Å²) in [6.07, 6.45) is 1.77. The summed E-state index contributed by atoms with van der Waals surface area (Å²) in [5.41, 5.74) is 0.975. The van der Waals surface area contributed by atoms with Gasteiger partial charge in [0.15, 0.2) is 0 Å². The monoisotopic (exact) mass is 296 g/mol. The van der Waals surface area contributed by atoms with E-state index >= 15 is 0 Å². The van der Waals surface area contributed by atoms with Gasteiger partial charge >= 0.3 is 0 Å². The van der Waals surface area contributed by atoms with Crippen LogP contribution in [0.25, 0.3) is 0 Å². The third-order valence-corrected chi connectivity index (χ3v) is 5.59. The minimum Gasteiger partial charge on any atom is -0.493 e. The lowest BCUT2D eigenvalue weighted by atomic mass is 9.96. The highest BCUT2D eigenvalue weighted by atomic mass is 32.2. The third kappa shape index (κ3) is 2.68. The molecule has 2 aliphatic heterocycles. The zero-order valence-corrected chi connectivity index (χ0v) is 12.4. The summed E-state index contributed by atoms with van der Waals surface area (Å²) < 4.78 is 33.2. The second-order valence-electron chi connectivity index (χ2n) is 5.57. The van der Waals surface area contributed by atoms with E-state index in [-0.39, 0.29) is 6.04 Å². The molecule has 0 saturated carbocycles. The van der Waals surface area contributed by atoms with Crippen LogP contribution in [-0.2, 0) is 16.4 Å². The van der Waals surface area contributed by atoms with E-state index in [9.17, 15) is 8.42 Å². The average molecular weight is 296 g/mol. The van der Waals surface area contributed by atoms with E-state index in [1.807, 2.05) is 0 Å². The van der Waals surface area contributed by atoms with Crippen molar-refractivity contribution in [1.82, 2.24) is 10.0 Å². The summed E-state index contributed by atoms with van der Waals surface area (Å²) in [7, 11) is -3.46. The highest BCUT2D eigenvalue weighted by Gasteiger charge is 2.27. The number of nitrogens with one attached hydrogen (secondary N) is 2. The second-order valence-corrected chi connectivity index (χ2v) is 7.28. The standard InChI is InChI=1S/C14H20N2O3S/c1-10-4-6-15-9-13(10)16-20(17,18)12-2-3-14-11(8-12)5-7-19-14/h2-3,8,10,13,15-16H,4-7,9H2,1H3. The number of ether oxygens (including phenoxy) is 1. The van der Waals surface area contributed by atoms with Crippen molar-refractivity contribution in [3.05, 3.63) is 23.8 Å². The van der Waals surface area contributed by atoms with E-state index in [4.69, 9.17) is 4.74 Å². The summed E-state index contributed by atoms with van der Waals surface area (Å²) in [6.45, 7) is 4.37. The number of benzene rings is 1. The molecule has 0 aliphatic carbocycles. The van der Waals surface area contributed by atoms with Crippen LogP contribution >= 0.6 is 0 Å². The Hall–Kier alpha value is -1.11. The van der Waals surface area contributed by atoms with E-state index in [1.165, 1.54) is 0 Å². The lowest BCUT2D eigenvalue weighted by molar-refractivity contribution is 0.327. The van der Waals surface area contributed by atoms with Gasteiger partial charge in [-0.3, -0.25) is 0 Å². The molecule has 0 amide bonds. The molecule has 2 heterocycles. The normalized spacial score (nSPS) is 26.1. The Morgan fingerprint density at radius 2 is 2.25 bits per heavy atom. The molecule has 2 aliphatic rings. The fraction of sp³-hybridized carbons (Fsp3) is 0.571. The molecular formula is C14H20N2O3S. The van der Waals surface area contributed by atoms with Crippen LogP contribution in [0, 0.1) is 5.92 Å². The topological polar surface area (TPSA) is 67.4 Å². The summed E-state index contributed by atoms with van der Waals surface area (Å²) in [4.78, 5) is 0.333. The molecule has 1 aromatic rings.